The molecule has 1 fully saturated rings. The second-order valence-electron chi connectivity index (χ2n) is 8.60. The van der Waals surface area contributed by atoms with Crippen molar-refractivity contribution in [2.24, 2.45) is 5.92 Å². The zero-order valence-electron chi connectivity index (χ0n) is 16.9. The van der Waals surface area contributed by atoms with Gasteiger partial charge in [-0.05, 0) is 52.5 Å². The summed E-state index contributed by atoms with van der Waals surface area (Å²) in [5, 5.41) is 15.7. The number of anilines is 1. The first kappa shape index (κ1) is 21.6. The summed E-state index contributed by atoms with van der Waals surface area (Å²) in [5.41, 5.74) is -1.15. The zero-order chi connectivity index (χ0) is 21.4. The first-order valence-corrected chi connectivity index (χ1v) is 10.3. The smallest absolute Gasteiger partial charge is 0.280 e. The molecule has 2 heterocycles. The summed E-state index contributed by atoms with van der Waals surface area (Å²) < 4.78 is 27.5. The number of rotatable bonds is 8. The average Bonchev–Trinajstić information content (AvgIpc) is 3.38. The topological polar surface area (TPSA) is 87.1 Å². The quantitative estimate of drug-likeness (QED) is 0.590. The van der Waals surface area contributed by atoms with E-state index in [-0.39, 0.29) is 28.2 Å². The Morgan fingerprint density at radius 3 is 2.55 bits per heavy atom. The third kappa shape index (κ3) is 5.48. The Bertz CT molecular complexity index is 889. The van der Waals surface area contributed by atoms with Crippen LogP contribution < -0.4 is 10.6 Å². The predicted molar refractivity (Wildman–Crippen MR) is 109 cm³/mol. The molecule has 2 aromatic rings. The van der Waals surface area contributed by atoms with Crippen molar-refractivity contribution in [2.75, 3.05) is 11.9 Å². The number of amides is 1. The minimum atomic E-state index is -2.69. The molecule has 0 aromatic carbocycles. The minimum Gasteiger partial charge on any atom is -0.389 e. The van der Waals surface area contributed by atoms with Crippen LogP contribution in [0.4, 0.5) is 14.6 Å². The third-order valence-electron chi connectivity index (χ3n) is 4.87. The van der Waals surface area contributed by atoms with E-state index in [1.807, 2.05) is 13.8 Å². The molecule has 0 atom stereocenters. The van der Waals surface area contributed by atoms with Gasteiger partial charge in [-0.2, -0.15) is 0 Å². The highest BCUT2D eigenvalue weighted by Gasteiger charge is 2.38. The van der Waals surface area contributed by atoms with Gasteiger partial charge in [-0.25, -0.2) is 18.7 Å². The highest BCUT2D eigenvalue weighted by Crippen LogP contribution is 2.42. The van der Waals surface area contributed by atoms with Gasteiger partial charge in [0.05, 0.1) is 10.5 Å². The van der Waals surface area contributed by atoms with Crippen LogP contribution in [0.1, 0.15) is 62.3 Å². The SMILES string of the molecule is CC(C)(O)CNC(=O)c1ncc(-c2cnc(NC(C)(C)C3CC3)cc2C(F)F)s1. The number of carbonyl (C=O) groups excluding carboxylic acids is 1. The van der Waals surface area contributed by atoms with Crippen LogP contribution >= 0.6 is 11.3 Å². The number of alkyl halides is 2. The number of nitrogens with zero attached hydrogens (tertiary/aromatic N) is 2. The van der Waals surface area contributed by atoms with Crippen molar-refractivity contribution in [3.8, 4) is 10.4 Å². The lowest BCUT2D eigenvalue weighted by Crippen LogP contribution is -2.38. The van der Waals surface area contributed by atoms with Crippen molar-refractivity contribution < 1.29 is 18.7 Å². The number of pyridine rings is 1. The summed E-state index contributed by atoms with van der Waals surface area (Å²) in [6.07, 6.45) is 2.36. The van der Waals surface area contributed by atoms with E-state index in [0.29, 0.717) is 16.6 Å². The van der Waals surface area contributed by atoms with Crippen LogP contribution in [0.15, 0.2) is 18.5 Å². The number of halogens is 2. The van der Waals surface area contributed by atoms with Gasteiger partial charge < -0.3 is 15.7 Å². The van der Waals surface area contributed by atoms with E-state index in [1.165, 1.54) is 18.5 Å². The van der Waals surface area contributed by atoms with Gasteiger partial charge >= 0.3 is 0 Å². The molecule has 1 aliphatic carbocycles. The van der Waals surface area contributed by atoms with E-state index in [0.717, 1.165) is 24.2 Å². The van der Waals surface area contributed by atoms with Crippen LogP contribution in [0.2, 0.25) is 0 Å². The molecule has 3 rings (SSSR count). The summed E-state index contributed by atoms with van der Waals surface area (Å²) in [7, 11) is 0. The van der Waals surface area contributed by atoms with Gasteiger partial charge in [0.15, 0.2) is 5.01 Å². The van der Waals surface area contributed by atoms with Crippen molar-refractivity contribution >= 4 is 23.1 Å². The Morgan fingerprint density at radius 1 is 1.28 bits per heavy atom. The standard InChI is InChI=1S/C20H26F2N4O2S/c1-19(2,28)10-25-17(27)18-24-9-14(29-18)13-8-23-15(7-12(13)16(21)22)26-20(3,4)11-5-6-11/h7-9,11,16,28H,5-6,10H2,1-4H3,(H,23,26)(H,25,27). The van der Waals surface area contributed by atoms with Gasteiger partial charge in [-0.3, -0.25) is 4.79 Å². The van der Waals surface area contributed by atoms with Crippen molar-refractivity contribution in [3.63, 3.8) is 0 Å². The molecule has 6 nitrogen and oxygen atoms in total. The first-order chi connectivity index (χ1) is 13.5. The summed E-state index contributed by atoms with van der Waals surface area (Å²) in [5.74, 6) is 0.471. The van der Waals surface area contributed by atoms with E-state index >= 15 is 0 Å². The molecule has 1 aliphatic rings. The molecule has 0 spiro atoms. The van der Waals surface area contributed by atoms with Gasteiger partial charge in [0.2, 0.25) is 0 Å². The summed E-state index contributed by atoms with van der Waals surface area (Å²) in [6, 6.07) is 1.37. The Hall–Kier alpha value is -2.13. The fraction of sp³-hybridized carbons (Fsp3) is 0.550. The first-order valence-electron chi connectivity index (χ1n) is 9.49. The Kier molecular flexibility index (Phi) is 5.91. The summed E-state index contributed by atoms with van der Waals surface area (Å²) in [4.78, 5) is 21.0. The largest absolute Gasteiger partial charge is 0.389 e. The van der Waals surface area contributed by atoms with E-state index in [1.54, 1.807) is 13.8 Å². The fourth-order valence-corrected chi connectivity index (χ4v) is 3.90. The van der Waals surface area contributed by atoms with Crippen molar-refractivity contribution in [3.05, 3.63) is 29.0 Å². The van der Waals surface area contributed by atoms with Gasteiger partial charge in [0, 0.05) is 35.6 Å². The minimum absolute atomic E-state index is 0.0573. The predicted octanol–water partition coefficient (Wildman–Crippen LogP) is 4.24. The molecular formula is C20H26F2N4O2S. The Labute approximate surface area is 172 Å². The third-order valence-corrected chi connectivity index (χ3v) is 5.90. The number of carbonyl (C=O) groups is 1. The number of aromatic nitrogens is 2. The van der Waals surface area contributed by atoms with Gasteiger partial charge in [-0.15, -0.1) is 11.3 Å². The monoisotopic (exact) mass is 424 g/mol. The molecule has 0 saturated heterocycles. The van der Waals surface area contributed by atoms with Crippen molar-refractivity contribution in [1.29, 1.82) is 0 Å². The lowest BCUT2D eigenvalue weighted by molar-refractivity contribution is 0.0694. The molecule has 0 unspecified atom stereocenters. The molecule has 0 aliphatic heterocycles. The molecule has 3 N–H and O–H groups in total. The normalized spacial score (nSPS) is 14.9. The molecule has 29 heavy (non-hydrogen) atoms. The zero-order valence-corrected chi connectivity index (χ0v) is 17.7. The molecule has 0 radical (unpaired) electrons. The van der Waals surface area contributed by atoms with E-state index in [4.69, 9.17) is 0 Å². The second kappa shape index (κ2) is 7.95. The number of thiazole rings is 1. The molecule has 1 amide bonds. The lowest BCUT2D eigenvalue weighted by atomic mass is 9.98. The van der Waals surface area contributed by atoms with Crippen LogP contribution in [-0.4, -0.2) is 38.7 Å². The molecule has 1 saturated carbocycles. The van der Waals surface area contributed by atoms with Crippen LogP contribution in [0.25, 0.3) is 10.4 Å². The average molecular weight is 425 g/mol. The maximum atomic E-state index is 13.7. The van der Waals surface area contributed by atoms with E-state index in [9.17, 15) is 18.7 Å². The van der Waals surface area contributed by atoms with Crippen molar-refractivity contribution in [1.82, 2.24) is 15.3 Å². The van der Waals surface area contributed by atoms with Crippen LogP contribution in [0, 0.1) is 5.92 Å². The van der Waals surface area contributed by atoms with E-state index in [2.05, 4.69) is 20.6 Å². The highest BCUT2D eigenvalue weighted by molar-refractivity contribution is 7.17. The maximum absolute atomic E-state index is 13.7. The summed E-state index contributed by atoms with van der Waals surface area (Å²) in [6.45, 7) is 7.29. The lowest BCUT2D eigenvalue weighted by Gasteiger charge is -2.27. The van der Waals surface area contributed by atoms with Crippen LogP contribution in [0.3, 0.4) is 0 Å². The maximum Gasteiger partial charge on any atom is 0.280 e. The summed E-state index contributed by atoms with van der Waals surface area (Å²) >= 11 is 1.01. The van der Waals surface area contributed by atoms with E-state index < -0.39 is 17.9 Å². The number of hydrogen-bond acceptors (Lipinski definition) is 6. The Balaban J connectivity index is 1.81. The van der Waals surface area contributed by atoms with Gasteiger partial charge in [0.25, 0.3) is 12.3 Å². The molecule has 9 heteroatoms. The van der Waals surface area contributed by atoms with Crippen LogP contribution in [0.5, 0.6) is 0 Å². The molecule has 2 aromatic heterocycles. The highest BCUT2D eigenvalue weighted by atomic mass is 32.1. The fourth-order valence-electron chi connectivity index (χ4n) is 3.04. The Morgan fingerprint density at radius 2 is 1.97 bits per heavy atom. The second-order valence-corrected chi connectivity index (χ2v) is 9.63. The van der Waals surface area contributed by atoms with Gasteiger partial charge in [0.1, 0.15) is 5.82 Å². The number of hydrogen-bond donors (Lipinski definition) is 3. The number of aliphatic hydroxyl groups is 1. The molecule has 0 bridgehead atoms. The molecular weight excluding hydrogens is 398 g/mol. The number of nitrogens with one attached hydrogen (secondary N) is 2. The molecule has 158 valence electrons. The van der Waals surface area contributed by atoms with Crippen molar-refractivity contribution in [2.45, 2.75) is 58.1 Å². The van der Waals surface area contributed by atoms with Gasteiger partial charge in [-0.1, -0.05) is 0 Å². The van der Waals surface area contributed by atoms with Crippen LogP contribution in [-0.2, 0) is 0 Å².